The van der Waals surface area contributed by atoms with E-state index in [1.165, 1.54) is 25.1 Å². The van der Waals surface area contributed by atoms with Crippen LogP contribution in [0, 0.1) is 0 Å². The number of anilines is 1. The zero-order valence-corrected chi connectivity index (χ0v) is 20.4. The molecule has 3 heterocycles. The summed E-state index contributed by atoms with van der Waals surface area (Å²) in [7, 11) is 1.84. The SMILES string of the molecule is CN=C(NCC1CN2CCCC2CO1)NC1CCN(c2ccc(Br)cc2)C1.I. The van der Waals surface area contributed by atoms with E-state index >= 15 is 0 Å². The molecule has 0 aromatic heterocycles. The second-order valence-corrected chi connectivity index (χ2v) is 8.67. The molecule has 2 N–H and O–H groups in total. The van der Waals surface area contributed by atoms with Crippen molar-refractivity contribution in [3.05, 3.63) is 28.7 Å². The van der Waals surface area contributed by atoms with Gasteiger partial charge in [-0.15, -0.1) is 24.0 Å². The fourth-order valence-electron chi connectivity index (χ4n) is 4.37. The standard InChI is InChI=1S/C20H30BrN5O.HI/c1-22-20(23-11-19-13-25-9-2-3-18(25)14-27-19)24-16-8-10-26(12-16)17-6-4-15(21)5-7-17;/h4-7,16,18-19H,2-3,8-14H2,1H3,(H2,22,23,24);1H. The van der Waals surface area contributed by atoms with E-state index in [0.29, 0.717) is 12.1 Å². The summed E-state index contributed by atoms with van der Waals surface area (Å²) in [5.74, 6) is 0.879. The molecule has 1 aromatic rings. The molecule has 0 saturated carbocycles. The monoisotopic (exact) mass is 563 g/mol. The highest BCUT2D eigenvalue weighted by Crippen LogP contribution is 2.23. The molecule has 28 heavy (non-hydrogen) atoms. The molecule has 3 saturated heterocycles. The number of nitrogens with zero attached hydrogens (tertiary/aromatic N) is 3. The van der Waals surface area contributed by atoms with E-state index < -0.39 is 0 Å². The lowest BCUT2D eigenvalue weighted by Crippen LogP contribution is -2.52. The number of ether oxygens (including phenoxy) is 1. The van der Waals surface area contributed by atoms with Crippen LogP contribution in [0.15, 0.2) is 33.7 Å². The van der Waals surface area contributed by atoms with Crippen LogP contribution in [-0.4, -0.2) is 75.4 Å². The Kier molecular flexibility index (Phi) is 8.25. The summed E-state index contributed by atoms with van der Waals surface area (Å²) in [6.07, 6.45) is 3.97. The number of guanidine groups is 1. The molecule has 4 rings (SSSR count). The van der Waals surface area contributed by atoms with E-state index in [2.05, 4.69) is 65.6 Å². The molecular formula is C20H31BrIN5O. The van der Waals surface area contributed by atoms with Crippen molar-refractivity contribution in [3.63, 3.8) is 0 Å². The number of hydrogen-bond acceptors (Lipinski definition) is 4. The Balaban J connectivity index is 0.00000225. The van der Waals surface area contributed by atoms with Gasteiger partial charge < -0.3 is 20.3 Å². The molecule has 0 bridgehead atoms. The van der Waals surface area contributed by atoms with Crippen molar-refractivity contribution in [1.29, 1.82) is 0 Å². The summed E-state index contributed by atoms with van der Waals surface area (Å²) in [6.45, 7) is 6.02. The molecule has 1 aromatic carbocycles. The number of hydrogen-bond donors (Lipinski definition) is 2. The first kappa shape index (κ1) is 22.1. The maximum atomic E-state index is 6.04. The average Bonchev–Trinajstić information content (AvgIpc) is 3.34. The van der Waals surface area contributed by atoms with Gasteiger partial charge in [0, 0.05) is 55.5 Å². The van der Waals surface area contributed by atoms with Crippen molar-refractivity contribution in [2.75, 3.05) is 51.3 Å². The first-order chi connectivity index (χ1) is 13.2. The Labute approximate surface area is 193 Å². The first-order valence-corrected chi connectivity index (χ1v) is 10.8. The minimum Gasteiger partial charge on any atom is -0.373 e. The molecule has 6 nitrogen and oxygen atoms in total. The molecule has 8 heteroatoms. The Morgan fingerprint density at radius 2 is 2.04 bits per heavy atom. The van der Waals surface area contributed by atoms with E-state index in [0.717, 1.165) is 49.6 Å². The number of benzene rings is 1. The minimum atomic E-state index is 0. The molecule has 3 atom stereocenters. The van der Waals surface area contributed by atoms with Crippen molar-refractivity contribution in [2.45, 2.75) is 37.5 Å². The van der Waals surface area contributed by atoms with Crippen molar-refractivity contribution in [3.8, 4) is 0 Å². The smallest absolute Gasteiger partial charge is 0.191 e. The van der Waals surface area contributed by atoms with Crippen molar-refractivity contribution < 1.29 is 4.74 Å². The fraction of sp³-hybridized carbons (Fsp3) is 0.650. The maximum absolute atomic E-state index is 6.04. The molecule has 3 aliphatic heterocycles. The van der Waals surface area contributed by atoms with Crippen molar-refractivity contribution >= 4 is 51.6 Å². The summed E-state index contributed by atoms with van der Waals surface area (Å²) in [4.78, 5) is 9.42. The summed E-state index contributed by atoms with van der Waals surface area (Å²) in [5.41, 5.74) is 1.28. The third-order valence-corrected chi connectivity index (χ3v) is 6.43. The van der Waals surface area contributed by atoms with Gasteiger partial charge in [-0.1, -0.05) is 15.9 Å². The molecule has 3 fully saturated rings. The molecule has 156 valence electrons. The number of fused-ring (bicyclic) bond motifs is 1. The second-order valence-electron chi connectivity index (χ2n) is 7.75. The number of nitrogens with one attached hydrogen (secondary N) is 2. The van der Waals surface area contributed by atoms with Crippen LogP contribution in [0.4, 0.5) is 5.69 Å². The number of halogens is 2. The van der Waals surface area contributed by atoms with Crippen LogP contribution < -0.4 is 15.5 Å². The molecule has 3 unspecified atom stereocenters. The maximum Gasteiger partial charge on any atom is 0.191 e. The van der Waals surface area contributed by atoms with Crippen LogP contribution in [0.5, 0.6) is 0 Å². The molecule has 0 aliphatic carbocycles. The minimum absolute atomic E-state index is 0. The summed E-state index contributed by atoms with van der Waals surface area (Å²) in [5, 5.41) is 7.05. The van der Waals surface area contributed by atoms with Crippen molar-refractivity contribution in [2.24, 2.45) is 4.99 Å². The van der Waals surface area contributed by atoms with E-state index in [9.17, 15) is 0 Å². The second kappa shape index (κ2) is 10.4. The lowest BCUT2D eigenvalue weighted by Gasteiger charge is -2.35. The van der Waals surface area contributed by atoms with Gasteiger partial charge in [-0.3, -0.25) is 9.89 Å². The summed E-state index contributed by atoms with van der Waals surface area (Å²) >= 11 is 3.50. The fourth-order valence-corrected chi connectivity index (χ4v) is 4.64. The van der Waals surface area contributed by atoms with Gasteiger partial charge >= 0.3 is 0 Å². The van der Waals surface area contributed by atoms with Crippen LogP contribution in [0.3, 0.4) is 0 Å². The van der Waals surface area contributed by atoms with Gasteiger partial charge in [-0.25, -0.2) is 0 Å². The van der Waals surface area contributed by atoms with Crippen LogP contribution >= 0.6 is 39.9 Å². The molecular weight excluding hydrogens is 533 g/mol. The normalized spacial score (nSPS) is 28.0. The Morgan fingerprint density at radius 1 is 1.21 bits per heavy atom. The lowest BCUT2D eigenvalue weighted by molar-refractivity contribution is -0.0453. The number of rotatable bonds is 4. The lowest BCUT2D eigenvalue weighted by atomic mass is 10.2. The average molecular weight is 564 g/mol. The van der Waals surface area contributed by atoms with Crippen LogP contribution in [0.25, 0.3) is 0 Å². The largest absolute Gasteiger partial charge is 0.373 e. The predicted octanol–water partition coefficient (Wildman–Crippen LogP) is 2.67. The summed E-state index contributed by atoms with van der Waals surface area (Å²) in [6, 6.07) is 9.62. The molecule has 3 aliphatic rings. The van der Waals surface area contributed by atoms with Gasteiger partial charge in [0.15, 0.2) is 5.96 Å². The van der Waals surface area contributed by atoms with E-state index in [4.69, 9.17) is 4.74 Å². The highest BCUT2D eigenvalue weighted by molar-refractivity contribution is 14.0. The van der Waals surface area contributed by atoms with E-state index in [1.807, 2.05) is 7.05 Å². The Bertz CT molecular complexity index is 659. The Hall–Kier alpha value is -0.580. The zero-order chi connectivity index (χ0) is 18.6. The van der Waals surface area contributed by atoms with Crippen LogP contribution in [-0.2, 0) is 4.74 Å². The third-order valence-electron chi connectivity index (χ3n) is 5.90. The first-order valence-electron chi connectivity index (χ1n) is 10.0. The number of morpholine rings is 1. The van der Waals surface area contributed by atoms with Gasteiger partial charge in [0.25, 0.3) is 0 Å². The Morgan fingerprint density at radius 3 is 2.82 bits per heavy atom. The highest BCUT2D eigenvalue weighted by atomic mass is 127. The quantitative estimate of drug-likeness (QED) is 0.335. The number of aliphatic imine (C=N–C) groups is 1. The highest BCUT2D eigenvalue weighted by Gasteiger charge is 2.32. The predicted molar refractivity (Wildman–Crippen MR) is 129 cm³/mol. The molecule has 0 amide bonds. The van der Waals surface area contributed by atoms with Gasteiger partial charge in [-0.2, -0.15) is 0 Å². The zero-order valence-electron chi connectivity index (χ0n) is 16.4. The topological polar surface area (TPSA) is 52.1 Å². The van der Waals surface area contributed by atoms with Crippen LogP contribution in [0.1, 0.15) is 19.3 Å². The van der Waals surface area contributed by atoms with E-state index in [-0.39, 0.29) is 30.1 Å². The van der Waals surface area contributed by atoms with Gasteiger partial charge in [0.2, 0.25) is 0 Å². The summed E-state index contributed by atoms with van der Waals surface area (Å²) < 4.78 is 7.16. The third kappa shape index (κ3) is 5.52. The van der Waals surface area contributed by atoms with Gasteiger partial charge in [0.1, 0.15) is 0 Å². The molecule has 0 spiro atoms. The van der Waals surface area contributed by atoms with Gasteiger partial charge in [-0.05, 0) is 50.1 Å². The van der Waals surface area contributed by atoms with Crippen molar-refractivity contribution in [1.82, 2.24) is 15.5 Å². The van der Waals surface area contributed by atoms with Gasteiger partial charge in [0.05, 0.1) is 12.7 Å². The van der Waals surface area contributed by atoms with Crippen LogP contribution in [0.2, 0.25) is 0 Å². The van der Waals surface area contributed by atoms with E-state index in [1.54, 1.807) is 0 Å². The molecule has 0 radical (unpaired) electrons.